The SMILES string of the molecule is CCNC(=NCc1c(CC)nn(C)c1CC)NCCN1CCOCC1.I. The lowest BCUT2D eigenvalue weighted by Crippen LogP contribution is -2.44. The molecule has 1 aliphatic heterocycles. The van der Waals surface area contributed by atoms with Crippen molar-refractivity contribution in [2.75, 3.05) is 45.9 Å². The van der Waals surface area contributed by atoms with Gasteiger partial charge in [0.15, 0.2) is 5.96 Å². The Labute approximate surface area is 175 Å². The first kappa shape index (κ1) is 23.2. The molecule has 2 rings (SSSR count). The van der Waals surface area contributed by atoms with Crippen molar-refractivity contribution in [1.82, 2.24) is 25.3 Å². The number of aliphatic imine (C=N–C) groups is 1. The molecule has 7 nitrogen and oxygen atoms in total. The Hall–Kier alpha value is -0.870. The topological polar surface area (TPSA) is 66.7 Å². The molecule has 1 aliphatic rings. The lowest BCUT2D eigenvalue weighted by molar-refractivity contribution is 0.0389. The standard InChI is InChI=1S/C18H34N6O.HI/c1-5-16-15(17(6-2)23(4)22-16)14-21-18(19-7-3)20-8-9-24-10-12-25-13-11-24;/h5-14H2,1-4H3,(H2,19,20,21);1H. The Morgan fingerprint density at radius 2 is 1.88 bits per heavy atom. The molecule has 0 atom stereocenters. The summed E-state index contributed by atoms with van der Waals surface area (Å²) in [5, 5.41) is 11.4. The second kappa shape index (κ2) is 12.5. The number of halogens is 1. The highest BCUT2D eigenvalue weighted by molar-refractivity contribution is 14.0. The highest BCUT2D eigenvalue weighted by Gasteiger charge is 2.13. The third-order valence-electron chi connectivity index (χ3n) is 4.59. The third kappa shape index (κ3) is 6.70. The van der Waals surface area contributed by atoms with Crippen molar-refractivity contribution >= 4 is 29.9 Å². The van der Waals surface area contributed by atoms with Gasteiger partial charge in [0.05, 0.1) is 25.5 Å². The predicted molar refractivity (Wildman–Crippen MR) is 117 cm³/mol. The van der Waals surface area contributed by atoms with Crippen LogP contribution in [0.3, 0.4) is 0 Å². The van der Waals surface area contributed by atoms with Crippen LogP contribution in [0.4, 0.5) is 0 Å². The molecule has 2 heterocycles. The summed E-state index contributed by atoms with van der Waals surface area (Å²) < 4.78 is 7.40. The number of hydrogen-bond donors (Lipinski definition) is 2. The van der Waals surface area contributed by atoms with Gasteiger partial charge in [-0.05, 0) is 19.8 Å². The molecule has 150 valence electrons. The van der Waals surface area contributed by atoms with Gasteiger partial charge in [0.25, 0.3) is 0 Å². The molecule has 1 aromatic rings. The van der Waals surface area contributed by atoms with Crippen molar-refractivity contribution in [1.29, 1.82) is 0 Å². The molecule has 0 bridgehead atoms. The number of nitrogens with one attached hydrogen (secondary N) is 2. The summed E-state index contributed by atoms with van der Waals surface area (Å²) in [5.41, 5.74) is 3.72. The van der Waals surface area contributed by atoms with E-state index < -0.39 is 0 Å². The molecule has 26 heavy (non-hydrogen) atoms. The summed E-state index contributed by atoms with van der Waals surface area (Å²) in [7, 11) is 2.02. The number of hydrogen-bond acceptors (Lipinski definition) is 4. The van der Waals surface area contributed by atoms with Gasteiger partial charge in [-0.1, -0.05) is 13.8 Å². The van der Waals surface area contributed by atoms with E-state index in [-0.39, 0.29) is 24.0 Å². The molecule has 0 saturated carbocycles. The van der Waals surface area contributed by atoms with E-state index in [0.717, 1.165) is 70.4 Å². The maximum absolute atomic E-state index is 5.39. The minimum Gasteiger partial charge on any atom is -0.379 e. The van der Waals surface area contributed by atoms with Crippen LogP contribution in [0.5, 0.6) is 0 Å². The lowest BCUT2D eigenvalue weighted by atomic mass is 10.1. The van der Waals surface area contributed by atoms with Crippen molar-refractivity contribution in [3.8, 4) is 0 Å². The normalized spacial score (nSPS) is 15.6. The molecule has 1 aromatic heterocycles. The minimum absolute atomic E-state index is 0. The molecular formula is C18H35IN6O. The second-order valence-corrected chi connectivity index (χ2v) is 6.28. The zero-order valence-electron chi connectivity index (χ0n) is 16.7. The van der Waals surface area contributed by atoms with Gasteiger partial charge in [0.2, 0.25) is 0 Å². The maximum atomic E-state index is 5.39. The van der Waals surface area contributed by atoms with Crippen LogP contribution < -0.4 is 10.6 Å². The van der Waals surface area contributed by atoms with Gasteiger partial charge in [-0.15, -0.1) is 24.0 Å². The van der Waals surface area contributed by atoms with Gasteiger partial charge in [-0.2, -0.15) is 5.10 Å². The van der Waals surface area contributed by atoms with Gasteiger partial charge in [0.1, 0.15) is 0 Å². The summed E-state index contributed by atoms with van der Waals surface area (Å²) in [4.78, 5) is 7.22. The molecule has 0 unspecified atom stereocenters. The average molecular weight is 478 g/mol. The fraction of sp³-hybridized carbons (Fsp3) is 0.778. The Morgan fingerprint density at radius 3 is 2.50 bits per heavy atom. The zero-order chi connectivity index (χ0) is 18.1. The monoisotopic (exact) mass is 478 g/mol. The van der Waals surface area contributed by atoms with Crippen LogP contribution in [0, 0.1) is 0 Å². The van der Waals surface area contributed by atoms with Crippen LogP contribution in [0.15, 0.2) is 4.99 Å². The summed E-state index contributed by atoms with van der Waals surface area (Å²) in [6.45, 7) is 13.6. The highest BCUT2D eigenvalue weighted by Crippen LogP contribution is 2.16. The molecular weight excluding hydrogens is 443 g/mol. The lowest BCUT2D eigenvalue weighted by Gasteiger charge is -2.26. The van der Waals surface area contributed by atoms with Gasteiger partial charge >= 0.3 is 0 Å². The molecule has 1 fully saturated rings. The van der Waals surface area contributed by atoms with E-state index in [1.54, 1.807) is 0 Å². The summed E-state index contributed by atoms with van der Waals surface area (Å²) in [5.74, 6) is 0.878. The van der Waals surface area contributed by atoms with E-state index in [1.165, 1.54) is 11.3 Å². The fourth-order valence-corrected chi connectivity index (χ4v) is 3.23. The molecule has 0 radical (unpaired) electrons. The van der Waals surface area contributed by atoms with Crippen LogP contribution in [-0.2, 0) is 31.2 Å². The maximum Gasteiger partial charge on any atom is 0.191 e. The molecule has 0 aromatic carbocycles. The van der Waals surface area contributed by atoms with E-state index in [2.05, 4.69) is 41.4 Å². The molecule has 8 heteroatoms. The molecule has 2 N–H and O–H groups in total. The molecule has 0 aliphatic carbocycles. The van der Waals surface area contributed by atoms with Crippen LogP contribution in [-0.4, -0.2) is 66.6 Å². The number of rotatable bonds is 8. The molecule has 1 saturated heterocycles. The number of nitrogens with zero attached hydrogens (tertiary/aromatic N) is 4. The van der Waals surface area contributed by atoms with Gasteiger partial charge < -0.3 is 15.4 Å². The Bertz CT molecular complexity index is 554. The number of guanidine groups is 1. The van der Waals surface area contributed by atoms with Gasteiger partial charge in [-0.3, -0.25) is 9.58 Å². The average Bonchev–Trinajstić information content (AvgIpc) is 2.95. The van der Waals surface area contributed by atoms with Gasteiger partial charge in [-0.25, -0.2) is 4.99 Å². The smallest absolute Gasteiger partial charge is 0.191 e. The number of ether oxygens (including phenoxy) is 1. The first-order valence-electron chi connectivity index (χ1n) is 9.55. The summed E-state index contributed by atoms with van der Waals surface area (Å²) in [6, 6.07) is 0. The van der Waals surface area contributed by atoms with Crippen molar-refractivity contribution in [3.63, 3.8) is 0 Å². The van der Waals surface area contributed by atoms with Crippen LogP contribution >= 0.6 is 24.0 Å². The second-order valence-electron chi connectivity index (χ2n) is 6.28. The van der Waals surface area contributed by atoms with Crippen molar-refractivity contribution in [3.05, 3.63) is 17.0 Å². The number of morpholine rings is 1. The first-order valence-corrected chi connectivity index (χ1v) is 9.55. The van der Waals surface area contributed by atoms with Crippen molar-refractivity contribution < 1.29 is 4.74 Å². The van der Waals surface area contributed by atoms with Crippen LogP contribution in [0.1, 0.15) is 37.7 Å². The number of aromatic nitrogens is 2. The van der Waals surface area contributed by atoms with Crippen molar-refractivity contribution in [2.24, 2.45) is 12.0 Å². The van der Waals surface area contributed by atoms with E-state index in [0.29, 0.717) is 6.54 Å². The Morgan fingerprint density at radius 1 is 1.15 bits per heavy atom. The molecule has 0 amide bonds. The third-order valence-corrected chi connectivity index (χ3v) is 4.59. The van der Waals surface area contributed by atoms with E-state index >= 15 is 0 Å². The van der Waals surface area contributed by atoms with Crippen molar-refractivity contribution in [2.45, 2.75) is 40.2 Å². The van der Waals surface area contributed by atoms with E-state index in [4.69, 9.17) is 9.73 Å². The van der Waals surface area contributed by atoms with E-state index in [1.807, 2.05) is 11.7 Å². The minimum atomic E-state index is 0. The van der Waals surface area contributed by atoms with E-state index in [9.17, 15) is 0 Å². The Balaban J connectivity index is 0.00000338. The van der Waals surface area contributed by atoms with Crippen LogP contribution in [0.2, 0.25) is 0 Å². The Kier molecular flexibility index (Phi) is 11.1. The number of aryl methyl sites for hydroxylation is 2. The molecule has 0 spiro atoms. The summed E-state index contributed by atoms with van der Waals surface area (Å²) in [6.07, 6.45) is 1.93. The largest absolute Gasteiger partial charge is 0.379 e. The summed E-state index contributed by atoms with van der Waals surface area (Å²) >= 11 is 0. The van der Waals surface area contributed by atoms with Gasteiger partial charge in [0, 0.05) is 51.0 Å². The van der Waals surface area contributed by atoms with Crippen LogP contribution in [0.25, 0.3) is 0 Å². The first-order chi connectivity index (χ1) is 12.2. The fourth-order valence-electron chi connectivity index (χ4n) is 3.23. The highest BCUT2D eigenvalue weighted by atomic mass is 127. The quantitative estimate of drug-likeness (QED) is 0.337. The zero-order valence-corrected chi connectivity index (χ0v) is 19.0. The predicted octanol–water partition coefficient (Wildman–Crippen LogP) is 1.55.